The molecule has 2 aromatic heterocycles. The van der Waals surface area contributed by atoms with Crippen molar-refractivity contribution in [3.8, 4) is 0 Å². The fraction of sp³-hybridized carbons (Fsp3) is 0.500. The summed E-state index contributed by atoms with van der Waals surface area (Å²) in [5.74, 6) is 0.933. The minimum atomic E-state index is 0. The predicted octanol–water partition coefficient (Wildman–Crippen LogP) is -0.951. The van der Waals surface area contributed by atoms with Crippen LogP contribution in [0.5, 0.6) is 0 Å². The number of halogens is 3. The molecule has 0 bridgehead atoms. The van der Waals surface area contributed by atoms with E-state index in [1.165, 1.54) is 6.42 Å². The molecule has 1 saturated heterocycles. The average Bonchev–Trinajstić information content (AvgIpc) is 2.94. The Labute approximate surface area is 150 Å². The van der Waals surface area contributed by atoms with E-state index in [2.05, 4.69) is 31.1 Å². The molecule has 0 aromatic carbocycles. The lowest BCUT2D eigenvalue weighted by molar-refractivity contribution is -0.893. The van der Waals surface area contributed by atoms with Gasteiger partial charge in [0.05, 0.1) is 33.2 Å². The van der Waals surface area contributed by atoms with Crippen molar-refractivity contribution in [1.29, 1.82) is 0 Å². The van der Waals surface area contributed by atoms with Gasteiger partial charge in [0.15, 0.2) is 5.82 Å². The lowest BCUT2D eigenvalue weighted by atomic mass is 10.2. The van der Waals surface area contributed by atoms with E-state index >= 15 is 0 Å². The van der Waals surface area contributed by atoms with Gasteiger partial charge in [0.2, 0.25) is 0 Å². The van der Waals surface area contributed by atoms with Gasteiger partial charge in [0.25, 0.3) is 0 Å². The van der Waals surface area contributed by atoms with Gasteiger partial charge >= 0.3 is 0 Å². The smallest absolute Gasteiger partial charge is 0.175 e. The summed E-state index contributed by atoms with van der Waals surface area (Å²) in [6.45, 7) is 2.06. The lowest BCUT2D eigenvalue weighted by Gasteiger charge is -2.31. The molecule has 1 aliphatic rings. The zero-order valence-electron chi connectivity index (χ0n) is 13.1. The maximum atomic E-state index is 6.24. The molecule has 3 rings (SSSR count). The fourth-order valence-electron chi connectivity index (χ4n) is 2.81. The Kier molecular flexibility index (Phi) is 7.29. The summed E-state index contributed by atoms with van der Waals surface area (Å²) in [7, 11) is 6.75. The lowest BCUT2D eigenvalue weighted by Crippen LogP contribution is -3.00. The van der Waals surface area contributed by atoms with Gasteiger partial charge in [0, 0.05) is 19.2 Å². The van der Waals surface area contributed by atoms with Crippen molar-refractivity contribution in [2.75, 3.05) is 44.9 Å². The number of anilines is 2. The Morgan fingerprint density at radius 2 is 1.91 bits per heavy atom. The minimum absolute atomic E-state index is 0. The number of rotatable bonds is 2. The van der Waals surface area contributed by atoms with Gasteiger partial charge in [-0.05, 0) is 12.1 Å². The Morgan fingerprint density at radius 3 is 2.45 bits per heavy atom. The molecule has 126 valence electrons. The fourth-order valence-corrected chi connectivity index (χ4v) is 2.81. The first-order valence-corrected chi connectivity index (χ1v) is 6.76. The Morgan fingerprint density at radius 1 is 1.23 bits per heavy atom. The maximum absolute atomic E-state index is 6.24. The monoisotopic (exact) mass is 367 g/mol. The molecule has 2 N–H and O–H groups in total. The Balaban J connectivity index is 0.00000147. The molecule has 1 atom stereocenters. The molecule has 5 nitrogen and oxygen atoms in total. The first-order valence-electron chi connectivity index (χ1n) is 6.76. The summed E-state index contributed by atoms with van der Waals surface area (Å²) >= 11 is 0. The molecule has 1 fully saturated rings. The van der Waals surface area contributed by atoms with Crippen LogP contribution in [-0.2, 0) is 0 Å². The molecular weight excluding hydrogens is 345 g/mol. The second-order valence-electron chi connectivity index (χ2n) is 6.27. The zero-order valence-corrected chi connectivity index (χ0v) is 15.5. The van der Waals surface area contributed by atoms with Gasteiger partial charge < -0.3 is 27.5 Å². The van der Waals surface area contributed by atoms with E-state index in [9.17, 15) is 0 Å². The highest BCUT2D eigenvalue weighted by molar-refractivity contribution is 5.85. The van der Waals surface area contributed by atoms with Crippen LogP contribution < -0.4 is 23.0 Å². The summed E-state index contributed by atoms with van der Waals surface area (Å²) in [6.07, 6.45) is 3.14. The van der Waals surface area contributed by atoms with E-state index in [0.717, 1.165) is 34.6 Å². The molecule has 2 aromatic rings. The first-order chi connectivity index (χ1) is 8.97. The number of hydrogen-bond donors (Lipinski definition) is 1. The van der Waals surface area contributed by atoms with Crippen molar-refractivity contribution in [2.24, 2.45) is 0 Å². The van der Waals surface area contributed by atoms with Gasteiger partial charge in [-0.25, -0.2) is 4.52 Å². The third-order valence-corrected chi connectivity index (χ3v) is 4.12. The van der Waals surface area contributed by atoms with Crippen molar-refractivity contribution in [3.63, 3.8) is 0 Å². The van der Waals surface area contributed by atoms with Crippen molar-refractivity contribution < 1.29 is 16.9 Å². The van der Waals surface area contributed by atoms with Gasteiger partial charge in [-0.2, -0.15) is 0 Å². The van der Waals surface area contributed by atoms with Crippen LogP contribution in [0.4, 0.5) is 11.5 Å². The van der Waals surface area contributed by atoms with Crippen LogP contribution in [0, 0.1) is 0 Å². The molecule has 8 heteroatoms. The number of pyridine rings is 1. The van der Waals surface area contributed by atoms with Gasteiger partial charge in [-0.15, -0.1) is 29.9 Å². The van der Waals surface area contributed by atoms with Crippen molar-refractivity contribution in [1.82, 2.24) is 9.61 Å². The van der Waals surface area contributed by atoms with Crippen LogP contribution in [0.1, 0.15) is 6.42 Å². The normalized spacial score (nSPS) is 17.6. The molecule has 0 spiro atoms. The molecule has 1 unspecified atom stereocenters. The van der Waals surface area contributed by atoms with E-state index < -0.39 is 0 Å². The quantitative estimate of drug-likeness (QED) is 0.695. The van der Waals surface area contributed by atoms with Gasteiger partial charge in [-0.3, -0.25) is 0 Å². The highest BCUT2D eigenvalue weighted by atomic mass is 35.5. The Hall–Kier alpha value is -0.880. The molecular formula is C14H24Cl3N5. The summed E-state index contributed by atoms with van der Waals surface area (Å²) in [5.41, 5.74) is 8.03. The van der Waals surface area contributed by atoms with Crippen molar-refractivity contribution >= 4 is 41.8 Å². The third kappa shape index (κ3) is 3.71. The topological polar surface area (TPSA) is 46.6 Å². The number of nitrogens with zero attached hydrogens (tertiary/aromatic N) is 4. The zero-order chi connectivity index (χ0) is 13.6. The minimum Gasteiger partial charge on any atom is -1.00 e. The Bertz CT molecular complexity index is 608. The number of hydrogen-bond acceptors (Lipinski definition) is 3. The number of nitrogen functional groups attached to an aromatic ring is 1. The molecule has 1 aliphatic heterocycles. The number of quaternary nitrogens is 1. The molecule has 0 aliphatic carbocycles. The maximum Gasteiger partial charge on any atom is 0.175 e. The molecule has 0 radical (unpaired) electrons. The average molecular weight is 369 g/mol. The van der Waals surface area contributed by atoms with Crippen LogP contribution in [0.15, 0.2) is 24.4 Å². The number of likely N-dealkylation sites (N-methyl/N-ethyl adjacent to an activating group) is 1. The van der Waals surface area contributed by atoms with Crippen LogP contribution in [0.2, 0.25) is 0 Å². The summed E-state index contributed by atoms with van der Waals surface area (Å²) in [5, 5.41) is 4.62. The summed E-state index contributed by atoms with van der Waals surface area (Å²) in [4.78, 5) is 2.32. The standard InChI is InChI=1S/C14H22N5.3ClH/c1-19(2,3)11-7-9-17(10-11)14-13(15)12-6-4-5-8-18(12)16-14;;;/h4-6,8,11H,7,9-10,15H2,1-3H3;3*1H/q+1;;;/p-1. The molecule has 0 amide bonds. The second-order valence-corrected chi connectivity index (χ2v) is 6.27. The van der Waals surface area contributed by atoms with Crippen molar-refractivity contribution in [2.45, 2.75) is 12.5 Å². The van der Waals surface area contributed by atoms with Crippen LogP contribution >= 0.6 is 24.8 Å². The van der Waals surface area contributed by atoms with Gasteiger partial charge in [-0.1, -0.05) is 6.07 Å². The predicted molar refractivity (Wildman–Crippen MR) is 92.8 cm³/mol. The largest absolute Gasteiger partial charge is 1.00 e. The van der Waals surface area contributed by atoms with Crippen LogP contribution in [0.25, 0.3) is 5.52 Å². The number of fused-ring (bicyclic) bond motifs is 1. The van der Waals surface area contributed by atoms with E-state index in [0.29, 0.717) is 6.04 Å². The van der Waals surface area contributed by atoms with E-state index in [1.807, 2.05) is 28.9 Å². The second kappa shape index (κ2) is 7.59. The highest BCUT2D eigenvalue weighted by Crippen LogP contribution is 2.30. The van der Waals surface area contributed by atoms with E-state index in [4.69, 9.17) is 5.73 Å². The third-order valence-electron chi connectivity index (χ3n) is 4.12. The van der Waals surface area contributed by atoms with E-state index in [-0.39, 0.29) is 37.2 Å². The number of nitrogens with two attached hydrogens (primary N) is 1. The van der Waals surface area contributed by atoms with Crippen LogP contribution in [0.3, 0.4) is 0 Å². The first kappa shape index (κ1) is 21.1. The van der Waals surface area contributed by atoms with E-state index in [1.54, 1.807) is 0 Å². The number of aromatic nitrogens is 2. The van der Waals surface area contributed by atoms with Crippen molar-refractivity contribution in [3.05, 3.63) is 24.4 Å². The highest BCUT2D eigenvalue weighted by Gasteiger charge is 2.34. The SMILES string of the molecule is C[N+](C)(C)C1CCN(c2nn3ccccc3c2N)C1.Cl.Cl.[Cl-]. The molecule has 0 saturated carbocycles. The molecule has 3 heterocycles. The van der Waals surface area contributed by atoms with Crippen LogP contribution in [-0.4, -0.2) is 54.4 Å². The molecule has 22 heavy (non-hydrogen) atoms. The summed E-state index contributed by atoms with van der Waals surface area (Å²) < 4.78 is 2.85. The van der Waals surface area contributed by atoms with Gasteiger partial charge in [0.1, 0.15) is 11.7 Å². The summed E-state index contributed by atoms with van der Waals surface area (Å²) in [6, 6.07) is 6.63.